The number of anilines is 1. The molecule has 4 rings (SSSR count). The number of piperidine rings is 3. The lowest BCUT2D eigenvalue weighted by molar-refractivity contribution is -0.945. The number of hydrogen-bond acceptors (Lipinski definition) is 4. The van der Waals surface area contributed by atoms with Crippen molar-refractivity contribution in [2.75, 3.05) is 32.1 Å². The minimum absolute atomic E-state index is 0.296. The van der Waals surface area contributed by atoms with Gasteiger partial charge in [0.15, 0.2) is 0 Å². The van der Waals surface area contributed by atoms with Gasteiger partial charge in [-0.1, -0.05) is 18.1 Å². The van der Waals surface area contributed by atoms with E-state index in [1.54, 1.807) is 24.3 Å². The lowest BCUT2D eigenvalue weighted by atomic mass is 9.76. The summed E-state index contributed by atoms with van der Waals surface area (Å²) in [7, 11) is 1.30. The van der Waals surface area contributed by atoms with Gasteiger partial charge in [0.1, 0.15) is 12.6 Å². The number of hydrogen-bond donors (Lipinski definition) is 2. The molecule has 3 heterocycles. The third-order valence-corrected chi connectivity index (χ3v) is 5.25. The summed E-state index contributed by atoms with van der Waals surface area (Å²) in [6.45, 7) is 2.40. The van der Waals surface area contributed by atoms with Crippen LogP contribution in [0.3, 0.4) is 0 Å². The third kappa shape index (κ3) is 3.77. The van der Waals surface area contributed by atoms with Gasteiger partial charge < -0.3 is 14.4 Å². The highest BCUT2D eigenvalue weighted by molar-refractivity contribution is 5.99. The number of esters is 1. The van der Waals surface area contributed by atoms with E-state index in [4.69, 9.17) is 15.9 Å². The van der Waals surface area contributed by atoms with E-state index in [0.717, 1.165) is 25.9 Å². The van der Waals surface area contributed by atoms with E-state index in [1.165, 1.54) is 12.0 Å². The van der Waals surface area contributed by atoms with Gasteiger partial charge in [0.05, 0.1) is 37.4 Å². The second-order valence-corrected chi connectivity index (χ2v) is 6.63. The number of para-hydroxylation sites is 1. The zero-order valence-electron chi connectivity index (χ0n) is 14.3. The number of carbonyl (C=O) groups excluding carboxylic acids is 2. The molecule has 0 saturated carbocycles. The van der Waals surface area contributed by atoms with Crippen LogP contribution in [0.1, 0.15) is 23.2 Å². The fourth-order valence-electron chi connectivity index (χ4n) is 3.89. The molecule has 0 spiro atoms. The van der Waals surface area contributed by atoms with Crippen LogP contribution >= 0.6 is 0 Å². The second kappa shape index (κ2) is 7.58. The monoisotopic (exact) mass is 343 g/mol. The van der Waals surface area contributed by atoms with Gasteiger partial charge in [0.2, 0.25) is 0 Å². The van der Waals surface area contributed by atoms with Gasteiger partial charge >= 0.3 is 12.1 Å². The van der Waals surface area contributed by atoms with Crippen molar-refractivity contribution in [3.05, 3.63) is 29.8 Å². The number of carbonyl (C=O) groups is 2. The lowest BCUT2D eigenvalue weighted by Crippen LogP contribution is -3.20. The highest BCUT2D eigenvalue weighted by Gasteiger charge is 2.43. The molecule has 3 fully saturated rings. The molecule has 0 aromatic heterocycles. The normalized spacial score (nSPS) is 27.2. The molecule has 1 amide bonds. The zero-order chi connectivity index (χ0) is 17.8. The van der Waals surface area contributed by atoms with Gasteiger partial charge in [-0.05, 0) is 18.1 Å². The number of fused-ring (bicyclic) bond motifs is 3. The van der Waals surface area contributed by atoms with Crippen LogP contribution < -0.4 is 10.2 Å². The van der Waals surface area contributed by atoms with Gasteiger partial charge in [0.25, 0.3) is 0 Å². The minimum Gasteiger partial charge on any atom is -0.465 e. The number of amides is 1. The topological polar surface area (TPSA) is 69.1 Å². The summed E-state index contributed by atoms with van der Waals surface area (Å²) in [5.41, 5.74) is 0.675. The van der Waals surface area contributed by atoms with Crippen LogP contribution in [0.4, 0.5) is 10.5 Å². The summed E-state index contributed by atoms with van der Waals surface area (Å²) < 4.78 is 10.1. The Hall–Kier alpha value is -2.52. The van der Waals surface area contributed by atoms with Gasteiger partial charge in [-0.2, -0.15) is 0 Å². The average Bonchev–Trinajstić information content (AvgIpc) is 2.66. The molecule has 3 aliphatic rings. The SMILES string of the molecule is C#C[C@H]1C[NH+]2CC[C@H]1C[C@@H]2COC(=O)Nc1ccccc1C(=O)OC. The minimum atomic E-state index is -0.563. The molecule has 1 aromatic carbocycles. The number of nitrogens with one attached hydrogen (secondary N) is 2. The molecule has 0 aliphatic carbocycles. The number of benzene rings is 1. The van der Waals surface area contributed by atoms with Crippen molar-refractivity contribution >= 4 is 17.7 Å². The van der Waals surface area contributed by atoms with Crippen molar-refractivity contribution in [3.63, 3.8) is 0 Å². The Morgan fingerprint density at radius 2 is 2.20 bits per heavy atom. The van der Waals surface area contributed by atoms with Crippen molar-refractivity contribution in [1.82, 2.24) is 0 Å². The summed E-state index contributed by atoms with van der Waals surface area (Å²) >= 11 is 0. The summed E-state index contributed by atoms with van der Waals surface area (Å²) in [5.74, 6) is 3.28. The first-order valence-electron chi connectivity index (χ1n) is 8.54. The Kier molecular flexibility index (Phi) is 5.25. The fourth-order valence-corrected chi connectivity index (χ4v) is 3.89. The Balaban J connectivity index is 1.55. The Morgan fingerprint density at radius 1 is 1.40 bits per heavy atom. The standard InChI is InChI=1S/C19H22N2O4/c1-3-13-11-21-9-8-14(13)10-15(21)12-25-19(23)20-17-7-5-4-6-16(17)18(22)24-2/h1,4-7,13-15H,8-12H2,2H3,(H,20,23)/p+1/t13-,14-,15+/m0/s1. The van der Waals surface area contributed by atoms with Crippen LogP contribution in [0.2, 0.25) is 0 Å². The highest BCUT2D eigenvalue weighted by atomic mass is 16.5. The lowest BCUT2D eigenvalue weighted by Gasteiger charge is -2.44. The molecule has 3 aliphatic heterocycles. The van der Waals surface area contributed by atoms with Gasteiger partial charge in [-0.15, -0.1) is 6.42 Å². The number of ether oxygens (including phenoxy) is 2. The van der Waals surface area contributed by atoms with Gasteiger partial charge in [-0.3, -0.25) is 5.32 Å². The largest absolute Gasteiger partial charge is 0.465 e. The predicted octanol–water partition coefficient (Wildman–Crippen LogP) is 0.948. The van der Waals surface area contributed by atoms with Crippen molar-refractivity contribution in [2.24, 2.45) is 11.8 Å². The predicted molar refractivity (Wildman–Crippen MR) is 92.3 cm³/mol. The molecule has 0 radical (unpaired) electrons. The maximum absolute atomic E-state index is 12.1. The molecule has 3 saturated heterocycles. The molecule has 1 aromatic rings. The van der Waals surface area contributed by atoms with Crippen LogP contribution in [0.5, 0.6) is 0 Å². The smallest absolute Gasteiger partial charge is 0.411 e. The number of terminal acetylenes is 1. The Labute approximate surface area is 147 Å². The first-order valence-corrected chi connectivity index (χ1v) is 8.54. The summed E-state index contributed by atoms with van der Waals surface area (Å²) in [6, 6.07) is 6.97. The van der Waals surface area contributed by atoms with E-state index in [-0.39, 0.29) is 0 Å². The molecule has 1 unspecified atom stereocenters. The van der Waals surface area contributed by atoms with E-state index >= 15 is 0 Å². The van der Waals surface area contributed by atoms with Crippen LogP contribution in [0, 0.1) is 24.2 Å². The van der Waals surface area contributed by atoms with Crippen molar-refractivity contribution in [3.8, 4) is 12.3 Å². The summed E-state index contributed by atoms with van der Waals surface area (Å²) in [5, 5.41) is 2.63. The molecule has 6 nitrogen and oxygen atoms in total. The second-order valence-electron chi connectivity index (χ2n) is 6.63. The highest BCUT2D eigenvalue weighted by Crippen LogP contribution is 2.26. The molecule has 25 heavy (non-hydrogen) atoms. The maximum Gasteiger partial charge on any atom is 0.411 e. The Bertz CT molecular complexity index is 697. The average molecular weight is 343 g/mol. The van der Waals surface area contributed by atoms with Crippen LogP contribution in [0.25, 0.3) is 0 Å². The molecule has 2 bridgehead atoms. The number of methoxy groups -OCH3 is 1. The summed E-state index contributed by atoms with van der Waals surface area (Å²) in [6.07, 6.45) is 7.18. The third-order valence-electron chi connectivity index (χ3n) is 5.25. The molecule has 132 valence electrons. The zero-order valence-corrected chi connectivity index (χ0v) is 14.3. The molecule has 4 atom stereocenters. The Morgan fingerprint density at radius 3 is 2.88 bits per heavy atom. The van der Waals surface area contributed by atoms with E-state index in [9.17, 15) is 9.59 Å². The van der Waals surface area contributed by atoms with Crippen molar-refractivity contribution in [2.45, 2.75) is 18.9 Å². The van der Waals surface area contributed by atoms with E-state index < -0.39 is 12.1 Å². The number of quaternary nitrogens is 1. The molecular formula is C19H23N2O4+. The quantitative estimate of drug-likeness (QED) is 0.631. The van der Waals surface area contributed by atoms with Crippen LogP contribution in [-0.4, -0.2) is 44.9 Å². The molecular weight excluding hydrogens is 320 g/mol. The van der Waals surface area contributed by atoms with E-state index in [1.807, 2.05) is 0 Å². The molecule has 6 heteroatoms. The van der Waals surface area contributed by atoms with Crippen LogP contribution in [-0.2, 0) is 9.47 Å². The van der Waals surface area contributed by atoms with Crippen molar-refractivity contribution < 1.29 is 24.0 Å². The van der Waals surface area contributed by atoms with E-state index in [0.29, 0.717) is 35.7 Å². The summed E-state index contributed by atoms with van der Waals surface area (Å²) in [4.78, 5) is 25.3. The number of rotatable bonds is 4. The maximum atomic E-state index is 12.1. The fraction of sp³-hybridized carbons (Fsp3) is 0.474. The van der Waals surface area contributed by atoms with Gasteiger partial charge in [0, 0.05) is 12.8 Å². The molecule has 2 N–H and O–H groups in total. The van der Waals surface area contributed by atoms with E-state index in [2.05, 4.69) is 11.2 Å². The van der Waals surface area contributed by atoms with Crippen molar-refractivity contribution in [1.29, 1.82) is 0 Å². The first kappa shape index (κ1) is 17.3. The van der Waals surface area contributed by atoms with Gasteiger partial charge in [-0.25, -0.2) is 9.59 Å². The van der Waals surface area contributed by atoms with Crippen LogP contribution in [0.15, 0.2) is 24.3 Å². The first-order chi connectivity index (χ1) is 12.1.